The summed E-state index contributed by atoms with van der Waals surface area (Å²) < 4.78 is 25.8. The van der Waals surface area contributed by atoms with E-state index in [1.54, 1.807) is 0 Å². The number of nitrogens with two attached hydrogens (primary N) is 1. The zero-order valence-corrected chi connectivity index (χ0v) is 15.7. The normalized spacial score (nSPS) is 19.2. The molecule has 3 N–H and O–H groups in total. The number of nitrogens with one attached hydrogen (secondary N) is 1. The fourth-order valence-corrected chi connectivity index (χ4v) is 4.77. The molecule has 1 unspecified atom stereocenters. The first-order valence-electron chi connectivity index (χ1n) is 7.77. The van der Waals surface area contributed by atoms with Crippen molar-refractivity contribution in [3.05, 3.63) is 22.2 Å². The number of nitrogen functional groups attached to an aromatic ring is 1. The highest BCUT2D eigenvalue weighted by molar-refractivity contribution is 7.89. The average Bonchev–Trinajstić information content (AvgIpc) is 2.52. The molecule has 0 spiro atoms. The van der Waals surface area contributed by atoms with E-state index in [0.29, 0.717) is 31.5 Å². The molecule has 0 aromatic heterocycles. The molecule has 0 bridgehead atoms. The van der Waals surface area contributed by atoms with E-state index >= 15 is 0 Å². The molecule has 0 aliphatic carbocycles. The molecular formula is C15H21Cl2N3O3S. The minimum atomic E-state index is -3.30. The molecular weight excluding hydrogens is 373 g/mol. The maximum Gasteiger partial charge on any atom is 0.228 e. The Morgan fingerprint density at radius 1 is 1.38 bits per heavy atom. The number of carbonyl (C=O) groups is 1. The Morgan fingerprint density at radius 3 is 2.58 bits per heavy atom. The topological polar surface area (TPSA) is 92.5 Å². The predicted octanol–water partition coefficient (Wildman–Crippen LogP) is 2.97. The first-order valence-corrected chi connectivity index (χ1v) is 10.1. The molecule has 134 valence electrons. The van der Waals surface area contributed by atoms with Gasteiger partial charge in [-0.3, -0.25) is 4.79 Å². The van der Waals surface area contributed by atoms with E-state index in [2.05, 4.69) is 5.32 Å². The number of nitrogens with zero attached hydrogens (tertiary/aromatic N) is 1. The third kappa shape index (κ3) is 4.53. The molecule has 1 atom stereocenters. The summed E-state index contributed by atoms with van der Waals surface area (Å²) in [5, 5.41) is 3.26. The van der Waals surface area contributed by atoms with Crippen molar-refractivity contribution in [1.29, 1.82) is 0 Å². The lowest BCUT2D eigenvalue weighted by molar-refractivity contribution is -0.120. The molecule has 1 aliphatic rings. The van der Waals surface area contributed by atoms with Crippen LogP contribution in [0.5, 0.6) is 0 Å². The molecule has 0 saturated carbocycles. The molecule has 6 nitrogen and oxygen atoms in total. The lowest BCUT2D eigenvalue weighted by Crippen LogP contribution is -2.44. The molecule has 1 aliphatic heterocycles. The van der Waals surface area contributed by atoms with Crippen LogP contribution in [-0.4, -0.2) is 37.5 Å². The van der Waals surface area contributed by atoms with Crippen LogP contribution < -0.4 is 11.1 Å². The standard InChI is InChI=1S/C15H21Cl2N3O3S/c1-2-6-24(22,23)20-5-3-4-10(9-20)15(21)19-11-7-12(16)14(18)13(17)8-11/h7-8,10H,2-6,9,18H2,1H3,(H,19,21). The van der Waals surface area contributed by atoms with Gasteiger partial charge < -0.3 is 11.1 Å². The number of piperidine rings is 1. The van der Waals surface area contributed by atoms with E-state index in [9.17, 15) is 13.2 Å². The monoisotopic (exact) mass is 393 g/mol. The van der Waals surface area contributed by atoms with Gasteiger partial charge in [-0.25, -0.2) is 12.7 Å². The minimum Gasteiger partial charge on any atom is -0.396 e. The Bertz CT molecular complexity index is 702. The van der Waals surface area contributed by atoms with Gasteiger partial charge in [0.2, 0.25) is 15.9 Å². The van der Waals surface area contributed by atoms with Gasteiger partial charge in [0, 0.05) is 18.8 Å². The number of hydrogen-bond donors (Lipinski definition) is 2. The zero-order chi connectivity index (χ0) is 17.9. The lowest BCUT2D eigenvalue weighted by Gasteiger charge is -2.31. The molecule has 0 radical (unpaired) electrons. The maximum absolute atomic E-state index is 12.5. The highest BCUT2D eigenvalue weighted by Gasteiger charge is 2.31. The molecule has 24 heavy (non-hydrogen) atoms. The molecule has 1 aromatic rings. The van der Waals surface area contributed by atoms with Gasteiger partial charge in [-0.05, 0) is 31.4 Å². The number of sulfonamides is 1. The van der Waals surface area contributed by atoms with Crippen molar-refractivity contribution in [2.45, 2.75) is 26.2 Å². The molecule has 1 amide bonds. The van der Waals surface area contributed by atoms with Gasteiger partial charge in [0.05, 0.1) is 27.4 Å². The van der Waals surface area contributed by atoms with Gasteiger partial charge in [0.1, 0.15) is 0 Å². The number of amides is 1. The lowest BCUT2D eigenvalue weighted by atomic mass is 9.98. The largest absolute Gasteiger partial charge is 0.396 e. The van der Waals surface area contributed by atoms with Crippen LogP contribution in [0.4, 0.5) is 11.4 Å². The smallest absolute Gasteiger partial charge is 0.228 e. The van der Waals surface area contributed by atoms with Gasteiger partial charge >= 0.3 is 0 Å². The van der Waals surface area contributed by atoms with Crippen molar-refractivity contribution in [3.8, 4) is 0 Å². The average molecular weight is 394 g/mol. The molecule has 1 fully saturated rings. The fourth-order valence-electron chi connectivity index (χ4n) is 2.70. The molecule has 2 rings (SSSR count). The van der Waals surface area contributed by atoms with Crippen LogP contribution in [-0.2, 0) is 14.8 Å². The van der Waals surface area contributed by atoms with Crippen molar-refractivity contribution in [3.63, 3.8) is 0 Å². The third-order valence-electron chi connectivity index (χ3n) is 3.96. The van der Waals surface area contributed by atoms with Crippen LogP contribution in [0, 0.1) is 5.92 Å². The van der Waals surface area contributed by atoms with E-state index in [4.69, 9.17) is 28.9 Å². The van der Waals surface area contributed by atoms with E-state index in [-0.39, 0.29) is 33.9 Å². The first kappa shape index (κ1) is 19.3. The van der Waals surface area contributed by atoms with Crippen LogP contribution >= 0.6 is 23.2 Å². The van der Waals surface area contributed by atoms with Crippen LogP contribution in [0.25, 0.3) is 0 Å². The number of anilines is 2. The van der Waals surface area contributed by atoms with Crippen LogP contribution in [0.1, 0.15) is 26.2 Å². The molecule has 1 heterocycles. The molecule has 9 heteroatoms. The quantitative estimate of drug-likeness (QED) is 0.751. The Labute approximate surface area is 152 Å². The van der Waals surface area contributed by atoms with E-state index in [1.807, 2.05) is 6.92 Å². The number of carbonyl (C=O) groups excluding carboxylic acids is 1. The summed E-state index contributed by atoms with van der Waals surface area (Å²) in [6.07, 6.45) is 1.85. The maximum atomic E-state index is 12.5. The summed E-state index contributed by atoms with van der Waals surface area (Å²) in [6, 6.07) is 3.05. The number of halogens is 2. The van der Waals surface area contributed by atoms with E-state index in [1.165, 1.54) is 16.4 Å². The molecule has 1 aromatic carbocycles. The van der Waals surface area contributed by atoms with E-state index in [0.717, 1.165) is 0 Å². The van der Waals surface area contributed by atoms with Gasteiger partial charge in [-0.2, -0.15) is 0 Å². The van der Waals surface area contributed by atoms with Crippen LogP contribution in [0.2, 0.25) is 10.0 Å². The van der Waals surface area contributed by atoms with Gasteiger partial charge in [0.25, 0.3) is 0 Å². The van der Waals surface area contributed by atoms with Crippen LogP contribution in [0.3, 0.4) is 0 Å². The summed E-state index contributed by atoms with van der Waals surface area (Å²) in [7, 11) is -3.30. The van der Waals surface area contributed by atoms with Crippen molar-refractivity contribution in [2.75, 3.05) is 29.9 Å². The van der Waals surface area contributed by atoms with Crippen molar-refractivity contribution < 1.29 is 13.2 Å². The summed E-state index contributed by atoms with van der Waals surface area (Å²) >= 11 is 11.9. The van der Waals surface area contributed by atoms with Gasteiger partial charge in [-0.1, -0.05) is 30.1 Å². The summed E-state index contributed by atoms with van der Waals surface area (Å²) in [5.74, 6) is -0.548. The van der Waals surface area contributed by atoms with Gasteiger partial charge in [0.15, 0.2) is 0 Å². The first-order chi connectivity index (χ1) is 11.2. The number of rotatable bonds is 5. The number of hydrogen-bond acceptors (Lipinski definition) is 4. The summed E-state index contributed by atoms with van der Waals surface area (Å²) in [6.45, 7) is 2.48. The highest BCUT2D eigenvalue weighted by atomic mass is 35.5. The van der Waals surface area contributed by atoms with Crippen LogP contribution in [0.15, 0.2) is 12.1 Å². The third-order valence-corrected chi connectivity index (χ3v) is 6.62. The van der Waals surface area contributed by atoms with Crippen molar-refractivity contribution >= 4 is 50.5 Å². The predicted molar refractivity (Wildman–Crippen MR) is 97.9 cm³/mol. The SMILES string of the molecule is CCCS(=O)(=O)N1CCCC(C(=O)Nc2cc(Cl)c(N)c(Cl)c2)C1. The molecule has 1 saturated heterocycles. The second-order valence-corrected chi connectivity index (χ2v) is 8.76. The Kier molecular flexibility index (Phi) is 6.36. The Morgan fingerprint density at radius 2 is 2.00 bits per heavy atom. The van der Waals surface area contributed by atoms with Crippen molar-refractivity contribution in [1.82, 2.24) is 4.31 Å². The van der Waals surface area contributed by atoms with Crippen molar-refractivity contribution in [2.24, 2.45) is 5.92 Å². The summed E-state index contributed by atoms with van der Waals surface area (Å²) in [5.41, 5.74) is 6.37. The Hall–Kier alpha value is -1.02. The van der Waals surface area contributed by atoms with E-state index < -0.39 is 15.9 Å². The second kappa shape index (κ2) is 7.91. The summed E-state index contributed by atoms with van der Waals surface area (Å²) in [4.78, 5) is 12.5. The van der Waals surface area contributed by atoms with Gasteiger partial charge in [-0.15, -0.1) is 0 Å². The minimum absolute atomic E-state index is 0.102. The number of benzene rings is 1. The second-order valence-electron chi connectivity index (χ2n) is 5.86. The zero-order valence-electron chi connectivity index (χ0n) is 13.4. The fraction of sp³-hybridized carbons (Fsp3) is 0.533. The Balaban J connectivity index is 2.07. The highest BCUT2D eigenvalue weighted by Crippen LogP contribution is 2.31.